The first-order valence-corrected chi connectivity index (χ1v) is 9.52. The first-order valence-electron chi connectivity index (χ1n) is 8.40. The zero-order chi connectivity index (χ0) is 18.0. The Balaban J connectivity index is 2.07. The van der Waals surface area contributed by atoms with Crippen LogP contribution >= 0.6 is 15.9 Å². The predicted octanol–water partition coefficient (Wildman–Crippen LogP) is 3.99. The fourth-order valence-corrected chi connectivity index (χ4v) is 3.53. The molecule has 1 aliphatic rings. The first-order chi connectivity index (χ1) is 12.0. The Bertz CT molecular complexity index is 833. The summed E-state index contributed by atoms with van der Waals surface area (Å²) in [4.78, 5) is 17.3. The molecular formula is C19H22BrN3O2. The third-order valence-electron chi connectivity index (χ3n) is 4.54. The van der Waals surface area contributed by atoms with Gasteiger partial charge in [0.25, 0.3) is 5.91 Å². The number of carbonyl (C=O) groups is 1. The summed E-state index contributed by atoms with van der Waals surface area (Å²) in [6, 6.07) is 7.75. The van der Waals surface area contributed by atoms with Gasteiger partial charge < -0.3 is 4.74 Å². The van der Waals surface area contributed by atoms with Crippen LogP contribution in [0.1, 0.15) is 32.3 Å². The van der Waals surface area contributed by atoms with Crippen LogP contribution in [0.4, 0.5) is 0 Å². The number of carbonyl (C=O) groups excluding carboxylic acids is 1. The number of amides is 1. The number of ether oxygens (including phenoxy) is 1. The van der Waals surface area contributed by atoms with Crippen molar-refractivity contribution in [1.29, 1.82) is 0 Å². The average molecular weight is 404 g/mol. The number of halogens is 1. The van der Waals surface area contributed by atoms with E-state index in [2.05, 4.69) is 26.0 Å². The lowest BCUT2D eigenvalue weighted by molar-refractivity contribution is -0.135. The van der Waals surface area contributed by atoms with Gasteiger partial charge in [-0.15, -0.1) is 0 Å². The number of pyridine rings is 1. The Hall–Kier alpha value is -1.95. The van der Waals surface area contributed by atoms with E-state index in [1.54, 1.807) is 18.3 Å². The molecule has 0 saturated heterocycles. The van der Waals surface area contributed by atoms with E-state index in [4.69, 9.17) is 4.74 Å². The molecule has 1 aromatic carbocycles. The molecule has 0 fully saturated rings. The molecular weight excluding hydrogens is 382 g/mol. The number of benzene rings is 1. The van der Waals surface area contributed by atoms with Crippen molar-refractivity contribution in [3.05, 3.63) is 36.0 Å². The highest BCUT2D eigenvalue weighted by molar-refractivity contribution is 9.09. The van der Waals surface area contributed by atoms with Gasteiger partial charge >= 0.3 is 0 Å². The van der Waals surface area contributed by atoms with Crippen LogP contribution in [0.5, 0.6) is 5.75 Å². The zero-order valence-electron chi connectivity index (χ0n) is 14.8. The highest BCUT2D eigenvalue weighted by Gasteiger charge is 2.44. The minimum atomic E-state index is -0.661. The fourth-order valence-electron chi connectivity index (χ4n) is 3.13. The average Bonchev–Trinajstić information content (AvgIpc) is 2.84. The molecule has 0 radical (unpaired) electrons. The van der Waals surface area contributed by atoms with E-state index in [1.165, 1.54) is 0 Å². The van der Waals surface area contributed by atoms with Gasteiger partial charge in [0, 0.05) is 29.0 Å². The van der Waals surface area contributed by atoms with Gasteiger partial charge in [-0.05, 0) is 44.9 Å². The van der Waals surface area contributed by atoms with Crippen LogP contribution in [-0.2, 0) is 4.79 Å². The molecule has 6 heteroatoms. The molecule has 25 heavy (non-hydrogen) atoms. The Labute approximate surface area is 156 Å². The Kier molecular flexibility index (Phi) is 5.08. The summed E-state index contributed by atoms with van der Waals surface area (Å²) in [5.41, 5.74) is 1.85. The monoisotopic (exact) mass is 403 g/mol. The zero-order valence-corrected chi connectivity index (χ0v) is 16.3. The molecule has 132 valence electrons. The van der Waals surface area contributed by atoms with Crippen molar-refractivity contribution >= 4 is 38.5 Å². The van der Waals surface area contributed by atoms with Crippen LogP contribution in [0.2, 0.25) is 0 Å². The van der Waals surface area contributed by atoms with Gasteiger partial charge in [-0.1, -0.05) is 22.0 Å². The number of hydrogen-bond donors (Lipinski definition) is 0. The van der Waals surface area contributed by atoms with Crippen LogP contribution in [0.25, 0.3) is 10.9 Å². The number of fused-ring (bicyclic) bond motifs is 1. The minimum Gasteiger partial charge on any atom is -0.494 e. The number of hydrogen-bond acceptors (Lipinski definition) is 4. The van der Waals surface area contributed by atoms with Gasteiger partial charge in [-0.3, -0.25) is 9.78 Å². The normalized spacial score (nSPS) is 16.4. The van der Waals surface area contributed by atoms with Gasteiger partial charge in [0.15, 0.2) is 0 Å². The van der Waals surface area contributed by atoms with Crippen molar-refractivity contribution in [3.63, 3.8) is 0 Å². The Morgan fingerprint density at radius 3 is 2.76 bits per heavy atom. The third kappa shape index (κ3) is 3.15. The Morgan fingerprint density at radius 1 is 1.24 bits per heavy atom. The second kappa shape index (κ2) is 7.12. The van der Waals surface area contributed by atoms with Crippen molar-refractivity contribution in [2.75, 3.05) is 19.0 Å². The maximum atomic E-state index is 12.8. The number of nitrogens with zero attached hydrogens (tertiary/aromatic N) is 3. The summed E-state index contributed by atoms with van der Waals surface area (Å²) >= 11 is 3.43. The SMILES string of the molecule is COc1ccc(C2=NN(CCCCBr)C(=O)C2(C)C)c2cccnc12. The largest absolute Gasteiger partial charge is 0.494 e. The van der Waals surface area contributed by atoms with Gasteiger partial charge in [0.2, 0.25) is 0 Å². The lowest BCUT2D eigenvalue weighted by Crippen LogP contribution is -2.35. The van der Waals surface area contributed by atoms with E-state index in [1.807, 2.05) is 38.1 Å². The van der Waals surface area contributed by atoms with E-state index in [9.17, 15) is 4.79 Å². The lowest BCUT2D eigenvalue weighted by atomic mass is 9.82. The minimum absolute atomic E-state index is 0.0462. The molecule has 1 amide bonds. The fraction of sp³-hybridized carbons (Fsp3) is 0.421. The number of methoxy groups -OCH3 is 1. The Morgan fingerprint density at radius 2 is 2.04 bits per heavy atom. The highest BCUT2D eigenvalue weighted by Crippen LogP contribution is 2.36. The second-order valence-electron chi connectivity index (χ2n) is 6.61. The quantitative estimate of drug-likeness (QED) is 0.541. The summed E-state index contributed by atoms with van der Waals surface area (Å²) in [5, 5.41) is 8.18. The van der Waals surface area contributed by atoms with Crippen LogP contribution in [-0.4, -0.2) is 40.6 Å². The van der Waals surface area contributed by atoms with Crippen LogP contribution in [0, 0.1) is 5.41 Å². The number of aromatic nitrogens is 1. The number of rotatable bonds is 6. The molecule has 0 saturated carbocycles. The van der Waals surface area contributed by atoms with Crippen molar-refractivity contribution in [2.24, 2.45) is 10.5 Å². The molecule has 0 bridgehead atoms. The molecule has 3 rings (SSSR count). The number of unbranched alkanes of at least 4 members (excludes halogenated alkanes) is 1. The van der Waals surface area contributed by atoms with E-state index >= 15 is 0 Å². The first kappa shape index (κ1) is 17.9. The standard InChI is InChI=1S/C19H22BrN3O2/c1-19(2)17(22-23(18(19)24)12-5-4-10-20)14-8-9-15(25-3)16-13(14)7-6-11-21-16/h6-9,11H,4-5,10,12H2,1-3H3. The number of hydrazone groups is 1. The topological polar surface area (TPSA) is 54.8 Å². The summed E-state index contributed by atoms with van der Waals surface area (Å²) in [6.45, 7) is 4.51. The smallest absolute Gasteiger partial charge is 0.254 e. The van der Waals surface area contributed by atoms with E-state index in [0.29, 0.717) is 6.54 Å². The molecule has 0 atom stereocenters. The summed E-state index contributed by atoms with van der Waals surface area (Å²) < 4.78 is 5.42. The molecule has 5 nitrogen and oxygen atoms in total. The molecule has 2 aromatic rings. The summed E-state index contributed by atoms with van der Waals surface area (Å²) in [5.74, 6) is 0.765. The van der Waals surface area contributed by atoms with Crippen molar-refractivity contribution in [1.82, 2.24) is 9.99 Å². The molecule has 0 unspecified atom stereocenters. The van der Waals surface area contributed by atoms with Gasteiger partial charge in [-0.2, -0.15) is 5.10 Å². The maximum absolute atomic E-state index is 12.8. The molecule has 1 aromatic heterocycles. The van der Waals surface area contributed by atoms with Gasteiger partial charge in [0.05, 0.1) is 18.2 Å². The van der Waals surface area contributed by atoms with Crippen molar-refractivity contribution < 1.29 is 9.53 Å². The van der Waals surface area contributed by atoms with E-state index in [0.717, 1.165) is 46.1 Å². The second-order valence-corrected chi connectivity index (χ2v) is 7.41. The van der Waals surface area contributed by atoms with E-state index < -0.39 is 5.41 Å². The molecule has 0 N–H and O–H groups in total. The number of alkyl halides is 1. The summed E-state index contributed by atoms with van der Waals surface area (Å²) in [6.07, 6.45) is 3.69. The lowest BCUT2D eigenvalue weighted by Gasteiger charge is -2.20. The summed E-state index contributed by atoms with van der Waals surface area (Å²) in [7, 11) is 1.63. The van der Waals surface area contributed by atoms with Crippen LogP contribution in [0.3, 0.4) is 0 Å². The third-order valence-corrected chi connectivity index (χ3v) is 5.10. The molecule has 1 aliphatic heterocycles. The van der Waals surface area contributed by atoms with Crippen LogP contribution in [0.15, 0.2) is 35.6 Å². The van der Waals surface area contributed by atoms with E-state index in [-0.39, 0.29) is 5.91 Å². The molecule has 0 spiro atoms. The van der Waals surface area contributed by atoms with Gasteiger partial charge in [0.1, 0.15) is 11.3 Å². The van der Waals surface area contributed by atoms with Crippen molar-refractivity contribution in [3.8, 4) is 5.75 Å². The molecule has 0 aliphatic carbocycles. The molecule has 2 heterocycles. The maximum Gasteiger partial charge on any atom is 0.254 e. The highest BCUT2D eigenvalue weighted by atomic mass is 79.9. The van der Waals surface area contributed by atoms with Crippen LogP contribution < -0.4 is 4.74 Å². The predicted molar refractivity (Wildman–Crippen MR) is 103 cm³/mol. The van der Waals surface area contributed by atoms with Gasteiger partial charge in [-0.25, -0.2) is 5.01 Å². The van der Waals surface area contributed by atoms with Crippen molar-refractivity contribution in [2.45, 2.75) is 26.7 Å².